The molecule has 0 unspecified atom stereocenters. The average Bonchev–Trinajstić information content (AvgIpc) is 3.28. The summed E-state index contributed by atoms with van der Waals surface area (Å²) in [4.78, 5) is 7.42. The van der Waals surface area contributed by atoms with Crippen molar-refractivity contribution >= 4 is 11.3 Å². The molecule has 2 aromatic heterocycles. The van der Waals surface area contributed by atoms with Gasteiger partial charge in [-0.15, -0.1) is 11.3 Å². The normalized spacial score (nSPS) is 23.6. The van der Waals surface area contributed by atoms with Crippen molar-refractivity contribution < 1.29 is 4.74 Å². The van der Waals surface area contributed by atoms with Crippen LogP contribution in [0.15, 0.2) is 23.8 Å². The van der Waals surface area contributed by atoms with E-state index in [9.17, 15) is 0 Å². The van der Waals surface area contributed by atoms with E-state index >= 15 is 0 Å². The van der Waals surface area contributed by atoms with E-state index in [-0.39, 0.29) is 6.10 Å². The van der Waals surface area contributed by atoms with Crippen LogP contribution in [0, 0.1) is 0 Å². The van der Waals surface area contributed by atoms with Gasteiger partial charge in [-0.2, -0.15) is 5.10 Å². The first kappa shape index (κ1) is 16.2. The lowest BCUT2D eigenvalue weighted by atomic mass is 9.90. The molecule has 0 amide bonds. The van der Waals surface area contributed by atoms with E-state index in [1.807, 2.05) is 34.5 Å². The summed E-state index contributed by atoms with van der Waals surface area (Å²) in [6.45, 7) is 4.52. The zero-order valence-electron chi connectivity index (χ0n) is 14.1. The maximum absolute atomic E-state index is 5.90. The minimum Gasteiger partial charge on any atom is -0.374 e. The maximum Gasteiger partial charge on any atom is 0.0959 e. The number of aromatic nitrogens is 3. The molecule has 0 radical (unpaired) electrons. The number of thiazole rings is 1. The SMILES string of the molecule is c1cnn(C[C@@H]2CN(Cc3csc(C4CCCCC4)n3)CCO2)c1. The molecular weight excluding hydrogens is 320 g/mol. The third-order valence-corrected chi connectivity index (χ3v) is 6.14. The Labute approximate surface area is 147 Å². The van der Waals surface area contributed by atoms with Crippen molar-refractivity contribution in [2.75, 3.05) is 19.7 Å². The van der Waals surface area contributed by atoms with Gasteiger partial charge in [0.1, 0.15) is 0 Å². The number of ether oxygens (including phenoxy) is 1. The van der Waals surface area contributed by atoms with E-state index < -0.39 is 0 Å². The smallest absolute Gasteiger partial charge is 0.0959 e. The largest absolute Gasteiger partial charge is 0.374 e. The molecule has 24 heavy (non-hydrogen) atoms. The van der Waals surface area contributed by atoms with Crippen LogP contribution in [0.2, 0.25) is 0 Å². The van der Waals surface area contributed by atoms with Crippen molar-refractivity contribution in [1.29, 1.82) is 0 Å². The number of hydrogen-bond donors (Lipinski definition) is 0. The number of hydrogen-bond acceptors (Lipinski definition) is 5. The highest BCUT2D eigenvalue weighted by Gasteiger charge is 2.23. The minimum atomic E-state index is 0.218. The molecule has 6 heteroatoms. The van der Waals surface area contributed by atoms with Crippen LogP contribution >= 0.6 is 11.3 Å². The fourth-order valence-corrected chi connectivity index (χ4v) is 4.80. The van der Waals surface area contributed by atoms with Crippen molar-refractivity contribution in [3.05, 3.63) is 34.5 Å². The van der Waals surface area contributed by atoms with E-state index in [1.165, 1.54) is 42.8 Å². The highest BCUT2D eigenvalue weighted by Crippen LogP contribution is 2.34. The topological polar surface area (TPSA) is 43.2 Å². The zero-order chi connectivity index (χ0) is 16.2. The lowest BCUT2D eigenvalue weighted by Gasteiger charge is -2.32. The van der Waals surface area contributed by atoms with Crippen molar-refractivity contribution in [3.8, 4) is 0 Å². The third kappa shape index (κ3) is 4.05. The van der Waals surface area contributed by atoms with E-state index in [4.69, 9.17) is 9.72 Å². The first-order valence-corrected chi connectivity index (χ1v) is 10.0. The molecule has 2 aromatic rings. The van der Waals surface area contributed by atoms with E-state index in [2.05, 4.69) is 15.4 Å². The number of morpholine rings is 1. The molecule has 0 N–H and O–H groups in total. The van der Waals surface area contributed by atoms with Crippen LogP contribution in [-0.2, 0) is 17.8 Å². The summed E-state index contributed by atoms with van der Waals surface area (Å²) < 4.78 is 7.86. The quantitative estimate of drug-likeness (QED) is 0.833. The molecule has 1 aliphatic heterocycles. The maximum atomic E-state index is 5.90. The predicted octanol–water partition coefficient (Wildman–Crippen LogP) is 3.29. The summed E-state index contributed by atoms with van der Waals surface area (Å²) >= 11 is 1.87. The lowest BCUT2D eigenvalue weighted by molar-refractivity contribution is -0.0405. The van der Waals surface area contributed by atoms with Gasteiger partial charge in [0.2, 0.25) is 0 Å². The van der Waals surface area contributed by atoms with Crippen LogP contribution < -0.4 is 0 Å². The summed E-state index contributed by atoms with van der Waals surface area (Å²) in [7, 11) is 0. The van der Waals surface area contributed by atoms with Crippen LogP contribution in [0.25, 0.3) is 0 Å². The lowest BCUT2D eigenvalue weighted by Crippen LogP contribution is -2.43. The molecule has 0 aromatic carbocycles. The van der Waals surface area contributed by atoms with Gasteiger partial charge in [-0.05, 0) is 18.9 Å². The van der Waals surface area contributed by atoms with Crippen molar-refractivity contribution in [1.82, 2.24) is 19.7 Å². The van der Waals surface area contributed by atoms with Crippen LogP contribution in [0.4, 0.5) is 0 Å². The molecule has 1 aliphatic carbocycles. The Morgan fingerprint density at radius 3 is 3.00 bits per heavy atom. The van der Waals surface area contributed by atoms with Crippen molar-refractivity contribution in [3.63, 3.8) is 0 Å². The van der Waals surface area contributed by atoms with Crippen LogP contribution in [0.1, 0.15) is 48.7 Å². The number of rotatable bonds is 5. The van der Waals surface area contributed by atoms with E-state index in [0.717, 1.165) is 38.7 Å². The predicted molar refractivity (Wildman–Crippen MR) is 95.2 cm³/mol. The summed E-state index contributed by atoms with van der Waals surface area (Å²) in [5.74, 6) is 0.717. The Kier molecular flexibility index (Phi) is 5.25. The third-order valence-electron chi connectivity index (χ3n) is 5.08. The molecule has 1 saturated carbocycles. The first-order valence-electron chi connectivity index (χ1n) is 9.12. The summed E-state index contributed by atoms with van der Waals surface area (Å²) in [6.07, 6.45) is 10.8. The molecule has 5 nitrogen and oxygen atoms in total. The van der Waals surface area contributed by atoms with E-state index in [1.54, 1.807) is 0 Å². The van der Waals surface area contributed by atoms with Crippen molar-refractivity contribution in [2.24, 2.45) is 0 Å². The fraction of sp³-hybridized carbons (Fsp3) is 0.667. The fourth-order valence-electron chi connectivity index (χ4n) is 3.81. The molecule has 0 bridgehead atoms. The Balaban J connectivity index is 1.32. The van der Waals surface area contributed by atoms with Gasteiger partial charge < -0.3 is 4.74 Å². The first-order chi connectivity index (χ1) is 11.9. The van der Waals surface area contributed by atoms with Crippen LogP contribution in [0.5, 0.6) is 0 Å². The Bertz CT molecular complexity index is 621. The van der Waals surface area contributed by atoms with E-state index in [0.29, 0.717) is 0 Å². The van der Waals surface area contributed by atoms with Gasteiger partial charge in [-0.25, -0.2) is 4.98 Å². The molecule has 1 saturated heterocycles. The summed E-state index contributed by atoms with van der Waals surface area (Å²) in [5.41, 5.74) is 1.24. The van der Waals surface area contributed by atoms with Gasteiger partial charge in [0, 0.05) is 43.3 Å². The summed E-state index contributed by atoms with van der Waals surface area (Å²) in [5, 5.41) is 7.91. The molecule has 4 rings (SSSR count). The number of nitrogens with zero attached hydrogens (tertiary/aromatic N) is 4. The molecule has 0 spiro atoms. The van der Waals surface area contributed by atoms with Gasteiger partial charge in [-0.1, -0.05) is 19.3 Å². The summed E-state index contributed by atoms with van der Waals surface area (Å²) in [6, 6.07) is 1.96. The Hall–Kier alpha value is -1.24. The molecule has 2 aliphatic rings. The average molecular weight is 347 g/mol. The van der Waals surface area contributed by atoms with Gasteiger partial charge in [0.05, 0.1) is 30.0 Å². The monoisotopic (exact) mass is 346 g/mol. The highest BCUT2D eigenvalue weighted by molar-refractivity contribution is 7.09. The van der Waals surface area contributed by atoms with Gasteiger partial charge >= 0.3 is 0 Å². The second-order valence-corrected chi connectivity index (χ2v) is 7.86. The molecule has 1 atom stereocenters. The van der Waals surface area contributed by atoms with Crippen LogP contribution in [-0.4, -0.2) is 45.5 Å². The second kappa shape index (κ2) is 7.76. The van der Waals surface area contributed by atoms with Gasteiger partial charge in [0.25, 0.3) is 0 Å². The highest BCUT2D eigenvalue weighted by atomic mass is 32.1. The minimum absolute atomic E-state index is 0.218. The molecule has 3 heterocycles. The van der Waals surface area contributed by atoms with Gasteiger partial charge in [0.15, 0.2) is 0 Å². The Morgan fingerprint density at radius 1 is 1.25 bits per heavy atom. The second-order valence-electron chi connectivity index (χ2n) is 6.97. The van der Waals surface area contributed by atoms with Crippen molar-refractivity contribution in [2.45, 2.75) is 57.2 Å². The van der Waals surface area contributed by atoms with Gasteiger partial charge in [-0.3, -0.25) is 9.58 Å². The standard InChI is InChI=1S/C18H26N4OS/c1-2-5-15(6-3-1)18-20-16(14-24-18)11-21-9-10-23-17(12-21)13-22-8-4-7-19-22/h4,7-8,14-15,17H,1-3,5-6,9-13H2/t17-/m0/s1. The zero-order valence-corrected chi connectivity index (χ0v) is 15.0. The Morgan fingerprint density at radius 2 is 2.17 bits per heavy atom. The molecular formula is C18H26N4OS. The molecule has 130 valence electrons. The van der Waals surface area contributed by atoms with Crippen LogP contribution in [0.3, 0.4) is 0 Å². The molecule has 2 fully saturated rings.